The summed E-state index contributed by atoms with van der Waals surface area (Å²) in [5.74, 6) is 1.07. The van der Waals surface area contributed by atoms with Crippen LogP contribution in [0.5, 0.6) is 5.75 Å². The Bertz CT molecular complexity index is 496. The van der Waals surface area contributed by atoms with Crippen LogP contribution < -0.4 is 10.5 Å². The third kappa shape index (κ3) is 2.47. The monoisotopic (exact) mass is 307 g/mol. The minimum atomic E-state index is 0.339. The van der Waals surface area contributed by atoms with E-state index in [0.29, 0.717) is 6.04 Å². The molecule has 3 heteroatoms. The third-order valence-corrected chi connectivity index (χ3v) is 4.19. The summed E-state index contributed by atoms with van der Waals surface area (Å²) < 4.78 is 6.89. The third-order valence-electron chi connectivity index (χ3n) is 3.73. The van der Waals surface area contributed by atoms with Gasteiger partial charge in [-0.25, -0.2) is 0 Å². The number of hydrogen-bond donors (Lipinski definition) is 1. The van der Waals surface area contributed by atoms with Crippen molar-refractivity contribution in [2.75, 3.05) is 6.61 Å². The van der Waals surface area contributed by atoms with Crippen LogP contribution in [0.4, 0.5) is 0 Å². The topological polar surface area (TPSA) is 35.2 Å². The van der Waals surface area contributed by atoms with Gasteiger partial charge in [0.2, 0.25) is 0 Å². The summed E-state index contributed by atoms with van der Waals surface area (Å²) >= 11 is 3.58. The number of fused-ring (bicyclic) bond motifs is 1. The van der Waals surface area contributed by atoms with Gasteiger partial charge in [0.25, 0.3) is 0 Å². The summed E-state index contributed by atoms with van der Waals surface area (Å²) in [5, 5.41) is 0. The highest BCUT2D eigenvalue weighted by molar-refractivity contribution is 9.10. The van der Waals surface area contributed by atoms with E-state index in [4.69, 9.17) is 10.5 Å². The molecule has 0 saturated heterocycles. The lowest BCUT2D eigenvalue weighted by molar-refractivity contribution is 0.356. The van der Waals surface area contributed by atoms with Crippen molar-refractivity contribution in [1.82, 2.24) is 0 Å². The van der Waals surface area contributed by atoms with Crippen molar-refractivity contribution >= 4 is 22.0 Å². The van der Waals surface area contributed by atoms with Gasteiger partial charge in [-0.3, -0.25) is 0 Å². The van der Waals surface area contributed by atoms with Gasteiger partial charge >= 0.3 is 0 Å². The second-order valence-corrected chi connectivity index (χ2v) is 6.16. The highest BCUT2D eigenvalue weighted by Gasteiger charge is 2.18. The van der Waals surface area contributed by atoms with E-state index < -0.39 is 0 Å². The van der Waals surface area contributed by atoms with Crippen LogP contribution in [-0.4, -0.2) is 12.6 Å². The number of halogens is 1. The number of ether oxygens (including phenoxy) is 1. The summed E-state index contributed by atoms with van der Waals surface area (Å²) in [6.07, 6.45) is 7.88. The lowest BCUT2D eigenvalue weighted by Gasteiger charge is -2.20. The smallest absolute Gasteiger partial charge is 0.129 e. The molecule has 1 aromatic rings. The maximum Gasteiger partial charge on any atom is 0.129 e. The summed E-state index contributed by atoms with van der Waals surface area (Å²) in [6, 6.07) is 4.65. The highest BCUT2D eigenvalue weighted by Crippen LogP contribution is 2.35. The predicted octanol–water partition coefficient (Wildman–Crippen LogP) is 3.67. The average Bonchev–Trinajstić information content (AvgIpc) is 2.77. The molecule has 1 atom stereocenters. The first-order valence-electron chi connectivity index (χ1n) is 6.62. The Morgan fingerprint density at radius 1 is 1.33 bits per heavy atom. The predicted molar refractivity (Wildman–Crippen MR) is 77.8 cm³/mol. The van der Waals surface area contributed by atoms with Gasteiger partial charge < -0.3 is 10.5 Å². The first-order chi connectivity index (χ1) is 8.72. The van der Waals surface area contributed by atoms with E-state index in [9.17, 15) is 0 Å². The van der Waals surface area contributed by atoms with Crippen molar-refractivity contribution in [2.24, 2.45) is 5.73 Å². The summed E-state index contributed by atoms with van der Waals surface area (Å²) in [4.78, 5) is 0. The van der Waals surface area contributed by atoms with Crippen LogP contribution in [0.15, 0.2) is 22.2 Å². The van der Waals surface area contributed by atoms with Crippen molar-refractivity contribution < 1.29 is 4.74 Å². The minimum absolute atomic E-state index is 0.339. The molecule has 1 aromatic carbocycles. The van der Waals surface area contributed by atoms with E-state index >= 15 is 0 Å². The Morgan fingerprint density at radius 3 is 3.06 bits per heavy atom. The molecule has 0 spiro atoms. The van der Waals surface area contributed by atoms with Crippen molar-refractivity contribution in [1.29, 1.82) is 0 Å². The zero-order valence-corrected chi connectivity index (χ0v) is 12.0. The molecule has 1 heterocycles. The van der Waals surface area contributed by atoms with Gasteiger partial charge in [0.05, 0.1) is 6.61 Å². The Labute approximate surface area is 116 Å². The van der Waals surface area contributed by atoms with Gasteiger partial charge in [0, 0.05) is 22.5 Å². The molecular weight excluding hydrogens is 290 g/mol. The van der Waals surface area contributed by atoms with Crippen molar-refractivity contribution in [3.63, 3.8) is 0 Å². The van der Waals surface area contributed by atoms with Crippen LogP contribution in [0.25, 0.3) is 6.08 Å². The zero-order valence-electron chi connectivity index (χ0n) is 10.4. The van der Waals surface area contributed by atoms with Crippen LogP contribution in [-0.2, 0) is 6.42 Å². The number of rotatable bonds is 1. The lowest BCUT2D eigenvalue weighted by atomic mass is 9.89. The van der Waals surface area contributed by atoms with Crippen LogP contribution in [0.3, 0.4) is 0 Å². The molecule has 1 fully saturated rings. The van der Waals surface area contributed by atoms with Crippen molar-refractivity contribution in [2.45, 2.75) is 38.1 Å². The molecule has 1 aliphatic heterocycles. The highest BCUT2D eigenvalue weighted by atomic mass is 79.9. The van der Waals surface area contributed by atoms with E-state index in [0.717, 1.165) is 36.1 Å². The molecule has 2 N–H and O–H groups in total. The van der Waals surface area contributed by atoms with E-state index in [1.54, 1.807) is 0 Å². The first-order valence-corrected chi connectivity index (χ1v) is 7.42. The number of hydrogen-bond acceptors (Lipinski definition) is 2. The molecule has 1 unspecified atom stereocenters. The molecule has 18 heavy (non-hydrogen) atoms. The largest absolute Gasteiger partial charge is 0.492 e. The Balaban J connectivity index is 1.95. The zero-order chi connectivity index (χ0) is 12.5. The SMILES string of the molecule is NC1CCC/C(=C/c2cc(Br)cc3c2OCC3)C1. The maximum atomic E-state index is 6.04. The average molecular weight is 308 g/mol. The fourth-order valence-electron chi connectivity index (χ4n) is 2.89. The van der Waals surface area contributed by atoms with Crippen LogP contribution in [0.1, 0.15) is 36.8 Å². The molecule has 0 amide bonds. The van der Waals surface area contributed by atoms with Crippen LogP contribution in [0.2, 0.25) is 0 Å². The van der Waals surface area contributed by atoms with Crippen LogP contribution in [0, 0.1) is 0 Å². The second kappa shape index (κ2) is 5.06. The van der Waals surface area contributed by atoms with E-state index in [1.165, 1.54) is 29.5 Å². The fourth-order valence-corrected chi connectivity index (χ4v) is 3.41. The molecule has 0 aromatic heterocycles. The fraction of sp³-hybridized carbons (Fsp3) is 0.467. The number of benzene rings is 1. The molecule has 1 aliphatic carbocycles. The second-order valence-electron chi connectivity index (χ2n) is 5.24. The minimum Gasteiger partial charge on any atom is -0.492 e. The molecule has 96 valence electrons. The molecule has 2 aliphatic rings. The molecular formula is C15H18BrNO. The molecule has 3 rings (SSSR count). The van der Waals surface area contributed by atoms with Gasteiger partial charge in [-0.1, -0.05) is 27.6 Å². The van der Waals surface area contributed by atoms with Gasteiger partial charge in [0.1, 0.15) is 5.75 Å². The first kappa shape index (κ1) is 12.2. The van der Waals surface area contributed by atoms with Gasteiger partial charge in [-0.05, 0) is 43.4 Å². The summed E-state index contributed by atoms with van der Waals surface area (Å²) in [7, 11) is 0. The van der Waals surface area contributed by atoms with Crippen molar-refractivity contribution in [3.8, 4) is 5.75 Å². The van der Waals surface area contributed by atoms with Gasteiger partial charge in [-0.2, -0.15) is 0 Å². The quantitative estimate of drug-likeness (QED) is 0.859. The molecule has 0 radical (unpaired) electrons. The lowest BCUT2D eigenvalue weighted by Crippen LogP contribution is -2.23. The van der Waals surface area contributed by atoms with E-state index in [1.807, 2.05) is 0 Å². The summed E-state index contributed by atoms with van der Waals surface area (Å²) in [5.41, 5.74) is 10.0. The summed E-state index contributed by atoms with van der Waals surface area (Å²) in [6.45, 7) is 0.807. The van der Waals surface area contributed by atoms with Gasteiger partial charge in [0.15, 0.2) is 0 Å². The van der Waals surface area contributed by atoms with E-state index in [2.05, 4.69) is 34.1 Å². The standard InChI is InChI=1S/C15H18BrNO/c16-13-8-11-4-5-18-15(11)12(9-13)6-10-2-1-3-14(17)7-10/h6,8-9,14H,1-5,7,17H2/b10-6-. The van der Waals surface area contributed by atoms with Crippen LogP contribution >= 0.6 is 15.9 Å². The number of nitrogens with two attached hydrogens (primary N) is 1. The maximum absolute atomic E-state index is 6.04. The van der Waals surface area contributed by atoms with Crippen molar-refractivity contribution in [3.05, 3.63) is 33.3 Å². The normalized spacial score (nSPS) is 25.0. The Hall–Kier alpha value is -0.800. The Kier molecular flexibility index (Phi) is 3.44. The molecule has 2 nitrogen and oxygen atoms in total. The van der Waals surface area contributed by atoms with Gasteiger partial charge in [-0.15, -0.1) is 0 Å². The Morgan fingerprint density at radius 2 is 2.22 bits per heavy atom. The molecule has 0 bridgehead atoms. The molecule has 1 saturated carbocycles. The van der Waals surface area contributed by atoms with E-state index in [-0.39, 0.29) is 0 Å².